The molecule has 150 valence electrons. The molecule has 1 aliphatic rings. The second-order valence-corrected chi connectivity index (χ2v) is 9.04. The van der Waals surface area contributed by atoms with Crippen molar-refractivity contribution in [3.63, 3.8) is 0 Å². The van der Waals surface area contributed by atoms with Crippen LogP contribution in [0.2, 0.25) is 5.02 Å². The van der Waals surface area contributed by atoms with Crippen LogP contribution in [0.1, 0.15) is 24.0 Å². The molecule has 0 aromatic heterocycles. The fourth-order valence-corrected chi connectivity index (χ4v) is 5.34. The van der Waals surface area contributed by atoms with Crippen LogP contribution in [0.3, 0.4) is 0 Å². The number of carbonyl (C=O) groups is 1. The summed E-state index contributed by atoms with van der Waals surface area (Å²) in [5.74, 6) is 0.170. The summed E-state index contributed by atoms with van der Waals surface area (Å²) in [6.45, 7) is 2.37. The van der Waals surface area contributed by atoms with Crippen LogP contribution in [0.15, 0.2) is 47.4 Å². The van der Waals surface area contributed by atoms with Gasteiger partial charge in [0.1, 0.15) is 11.8 Å². The molecule has 1 aliphatic heterocycles. The normalized spacial score (nSPS) is 17.5. The Morgan fingerprint density at radius 3 is 2.64 bits per heavy atom. The first-order valence-corrected chi connectivity index (χ1v) is 10.8. The number of benzene rings is 2. The lowest BCUT2D eigenvalue weighted by Gasteiger charge is -2.24. The number of halogens is 1. The zero-order valence-electron chi connectivity index (χ0n) is 15.8. The Morgan fingerprint density at radius 1 is 1.25 bits per heavy atom. The molecule has 1 saturated heterocycles. The summed E-state index contributed by atoms with van der Waals surface area (Å²) >= 11 is 5.87. The lowest BCUT2D eigenvalue weighted by Crippen LogP contribution is -2.45. The highest BCUT2D eigenvalue weighted by molar-refractivity contribution is 7.89. The molecular formula is C20H23ClN2O4S. The molecule has 0 bridgehead atoms. The Balaban J connectivity index is 1.77. The first-order chi connectivity index (χ1) is 13.3. The first kappa shape index (κ1) is 20.6. The maximum atomic E-state index is 13.2. The van der Waals surface area contributed by atoms with E-state index in [-0.39, 0.29) is 10.8 Å². The summed E-state index contributed by atoms with van der Waals surface area (Å²) in [6, 6.07) is 11.4. The number of ether oxygens (including phenoxy) is 1. The number of carbonyl (C=O) groups excluding carboxylic acids is 1. The fraction of sp³-hybridized carbons (Fsp3) is 0.350. The number of methoxy groups -OCH3 is 1. The molecule has 8 heteroatoms. The van der Waals surface area contributed by atoms with E-state index in [1.165, 1.54) is 17.5 Å². The lowest BCUT2D eigenvalue weighted by atomic mass is 10.2. The third kappa shape index (κ3) is 4.32. The molecule has 6 nitrogen and oxygen atoms in total. The van der Waals surface area contributed by atoms with Gasteiger partial charge in [0.15, 0.2) is 0 Å². The molecule has 0 unspecified atom stereocenters. The number of amides is 1. The van der Waals surface area contributed by atoms with Gasteiger partial charge in [-0.3, -0.25) is 4.79 Å². The van der Waals surface area contributed by atoms with Crippen LogP contribution in [0.25, 0.3) is 0 Å². The minimum Gasteiger partial charge on any atom is -0.497 e. The van der Waals surface area contributed by atoms with E-state index in [2.05, 4.69) is 5.32 Å². The summed E-state index contributed by atoms with van der Waals surface area (Å²) in [7, 11) is -2.32. The summed E-state index contributed by atoms with van der Waals surface area (Å²) in [5, 5.41) is 3.46. The molecular weight excluding hydrogens is 400 g/mol. The quantitative estimate of drug-likeness (QED) is 0.776. The second-order valence-electron chi connectivity index (χ2n) is 6.75. The van der Waals surface area contributed by atoms with Crippen molar-refractivity contribution in [2.24, 2.45) is 0 Å². The summed E-state index contributed by atoms with van der Waals surface area (Å²) < 4.78 is 32.9. The molecule has 0 spiro atoms. The third-order valence-electron chi connectivity index (χ3n) is 4.87. The van der Waals surface area contributed by atoms with Crippen LogP contribution in [0, 0.1) is 6.92 Å². The van der Waals surface area contributed by atoms with Gasteiger partial charge in [-0.05, 0) is 49.1 Å². The number of nitrogens with one attached hydrogen (secondary N) is 1. The maximum absolute atomic E-state index is 13.2. The Kier molecular flexibility index (Phi) is 6.27. The van der Waals surface area contributed by atoms with Crippen LogP contribution in [0.5, 0.6) is 5.75 Å². The Hall–Kier alpha value is -2.09. The number of sulfonamides is 1. The topological polar surface area (TPSA) is 75.7 Å². The first-order valence-electron chi connectivity index (χ1n) is 9.01. The maximum Gasteiger partial charge on any atom is 0.244 e. The van der Waals surface area contributed by atoms with Gasteiger partial charge in [-0.2, -0.15) is 4.31 Å². The molecule has 1 fully saturated rings. The minimum atomic E-state index is -3.81. The highest BCUT2D eigenvalue weighted by Crippen LogP contribution is 2.30. The zero-order valence-corrected chi connectivity index (χ0v) is 17.4. The SMILES string of the molecule is COc1ccc(C)c(S(=O)(=O)N2CCC[C@@H]2C(=O)NCc2ccc(Cl)cc2)c1. The zero-order chi connectivity index (χ0) is 20.3. The van der Waals surface area contributed by atoms with E-state index in [4.69, 9.17) is 16.3 Å². The van der Waals surface area contributed by atoms with E-state index in [9.17, 15) is 13.2 Å². The molecule has 1 heterocycles. The highest BCUT2D eigenvalue weighted by atomic mass is 35.5. The van der Waals surface area contributed by atoms with Gasteiger partial charge in [-0.1, -0.05) is 29.8 Å². The van der Waals surface area contributed by atoms with Crippen LogP contribution < -0.4 is 10.1 Å². The average molecular weight is 423 g/mol. The van der Waals surface area contributed by atoms with Gasteiger partial charge < -0.3 is 10.1 Å². The molecule has 2 aromatic carbocycles. The molecule has 0 saturated carbocycles. The average Bonchev–Trinajstić information content (AvgIpc) is 3.18. The monoisotopic (exact) mass is 422 g/mol. The van der Waals surface area contributed by atoms with Crippen molar-refractivity contribution in [1.82, 2.24) is 9.62 Å². The van der Waals surface area contributed by atoms with Gasteiger partial charge in [-0.15, -0.1) is 0 Å². The molecule has 1 amide bonds. The molecule has 3 rings (SSSR count). The van der Waals surface area contributed by atoms with Crippen molar-refractivity contribution < 1.29 is 17.9 Å². The van der Waals surface area contributed by atoms with Crippen LogP contribution in [-0.4, -0.2) is 38.3 Å². The van der Waals surface area contributed by atoms with Crippen LogP contribution in [-0.2, 0) is 21.4 Å². The van der Waals surface area contributed by atoms with Gasteiger partial charge >= 0.3 is 0 Å². The molecule has 1 N–H and O–H groups in total. The van der Waals surface area contributed by atoms with Crippen molar-refractivity contribution in [2.75, 3.05) is 13.7 Å². The summed E-state index contributed by atoms with van der Waals surface area (Å²) in [4.78, 5) is 12.9. The van der Waals surface area contributed by atoms with Gasteiger partial charge in [-0.25, -0.2) is 8.42 Å². The predicted molar refractivity (Wildman–Crippen MR) is 108 cm³/mol. The Morgan fingerprint density at radius 2 is 1.96 bits per heavy atom. The van der Waals surface area contributed by atoms with E-state index < -0.39 is 16.1 Å². The van der Waals surface area contributed by atoms with Crippen LogP contribution >= 0.6 is 11.6 Å². The number of hydrogen-bond donors (Lipinski definition) is 1. The van der Waals surface area contributed by atoms with Crippen molar-refractivity contribution in [3.8, 4) is 5.75 Å². The van der Waals surface area contributed by atoms with Gasteiger partial charge in [0, 0.05) is 24.2 Å². The van der Waals surface area contributed by atoms with E-state index in [0.717, 1.165) is 5.56 Å². The van der Waals surface area contributed by atoms with E-state index in [0.29, 0.717) is 42.3 Å². The smallest absolute Gasteiger partial charge is 0.244 e. The van der Waals surface area contributed by atoms with Gasteiger partial charge in [0.25, 0.3) is 0 Å². The minimum absolute atomic E-state index is 0.171. The predicted octanol–water partition coefficient (Wildman–Crippen LogP) is 3.13. The van der Waals surface area contributed by atoms with Crippen molar-refractivity contribution in [3.05, 3.63) is 58.6 Å². The Bertz CT molecular complexity index is 961. The number of hydrogen-bond acceptors (Lipinski definition) is 4. The molecule has 28 heavy (non-hydrogen) atoms. The molecule has 2 aromatic rings. The standard InChI is InChI=1S/C20H23ClN2O4S/c1-14-5-10-17(27-2)12-19(14)28(25,26)23-11-3-4-18(23)20(24)22-13-15-6-8-16(21)9-7-15/h5-10,12,18H,3-4,11,13H2,1-2H3,(H,22,24)/t18-/m1/s1. The van der Waals surface area contributed by atoms with Crippen LogP contribution in [0.4, 0.5) is 0 Å². The van der Waals surface area contributed by atoms with E-state index in [1.807, 2.05) is 12.1 Å². The third-order valence-corrected chi connectivity index (χ3v) is 7.17. The summed E-state index contributed by atoms with van der Waals surface area (Å²) in [6.07, 6.45) is 1.13. The van der Waals surface area contributed by atoms with Crippen molar-refractivity contribution in [1.29, 1.82) is 0 Å². The largest absolute Gasteiger partial charge is 0.497 e. The number of aryl methyl sites for hydroxylation is 1. The van der Waals surface area contributed by atoms with Crippen molar-refractivity contribution in [2.45, 2.75) is 37.2 Å². The van der Waals surface area contributed by atoms with E-state index in [1.54, 1.807) is 31.2 Å². The summed E-state index contributed by atoms with van der Waals surface area (Å²) in [5.41, 5.74) is 1.52. The van der Waals surface area contributed by atoms with Gasteiger partial charge in [0.2, 0.25) is 15.9 Å². The molecule has 0 aliphatic carbocycles. The van der Waals surface area contributed by atoms with Crippen molar-refractivity contribution >= 4 is 27.5 Å². The Labute approximate surface area is 170 Å². The number of nitrogens with zero attached hydrogens (tertiary/aromatic N) is 1. The molecule has 1 atom stereocenters. The highest BCUT2D eigenvalue weighted by Gasteiger charge is 2.40. The number of rotatable bonds is 6. The lowest BCUT2D eigenvalue weighted by molar-refractivity contribution is -0.124. The molecule has 0 radical (unpaired) electrons. The van der Waals surface area contributed by atoms with Gasteiger partial charge in [0.05, 0.1) is 12.0 Å². The second kappa shape index (κ2) is 8.51. The fourth-order valence-electron chi connectivity index (χ4n) is 3.31. The van der Waals surface area contributed by atoms with E-state index >= 15 is 0 Å².